The fraction of sp³-hybridized carbons (Fsp3) is 0.310. The number of aliphatic hydroxyl groups excluding tert-OH is 1. The normalized spacial score (nSPS) is 17.1. The Bertz CT molecular complexity index is 1260. The monoisotopic (exact) mass is 489 g/mol. The number of aliphatic hydroxyl groups is 1. The molecule has 0 saturated carbocycles. The molecular formula is C29H31NO6. The average Bonchev–Trinajstić information content (AvgIpc) is 3.46. The third-order valence-corrected chi connectivity index (χ3v) is 6.23. The maximum Gasteiger partial charge on any atom is 0.296 e. The van der Waals surface area contributed by atoms with Crippen LogP contribution in [0.15, 0.2) is 70.9 Å². The van der Waals surface area contributed by atoms with Crippen LogP contribution in [-0.4, -0.2) is 35.4 Å². The lowest BCUT2D eigenvalue weighted by Crippen LogP contribution is -2.29. The fourth-order valence-electron chi connectivity index (χ4n) is 4.21. The van der Waals surface area contributed by atoms with Gasteiger partial charge in [0.05, 0.1) is 38.1 Å². The molecular weight excluding hydrogens is 458 g/mol. The van der Waals surface area contributed by atoms with Gasteiger partial charge in [-0.3, -0.25) is 9.59 Å². The van der Waals surface area contributed by atoms with Gasteiger partial charge in [-0.15, -0.1) is 0 Å². The van der Waals surface area contributed by atoms with Crippen molar-refractivity contribution in [2.75, 3.05) is 13.7 Å². The molecule has 4 rings (SSSR count). The molecule has 7 heteroatoms. The molecule has 0 radical (unpaired) electrons. The van der Waals surface area contributed by atoms with Gasteiger partial charge in [0.1, 0.15) is 11.5 Å². The van der Waals surface area contributed by atoms with Gasteiger partial charge in [-0.2, -0.15) is 0 Å². The number of carbonyl (C=O) groups is 2. The van der Waals surface area contributed by atoms with Crippen molar-refractivity contribution in [3.63, 3.8) is 0 Å². The lowest BCUT2D eigenvalue weighted by molar-refractivity contribution is -0.140. The minimum absolute atomic E-state index is 0.0194. The Morgan fingerprint density at radius 3 is 2.47 bits per heavy atom. The van der Waals surface area contributed by atoms with Crippen molar-refractivity contribution in [2.24, 2.45) is 5.92 Å². The standard InChI is InChI=1S/C29H31NO6/c1-18(2)13-15-36-23-12-11-21(16-24(23)34-4)26-25(27(31)20-9-7-19(3)8-10-20)28(32)29(33)30(26)17-22-6-5-14-35-22/h5-12,14,16,18,26,31H,13,15,17H2,1-4H3. The highest BCUT2D eigenvalue weighted by Gasteiger charge is 2.46. The maximum atomic E-state index is 13.2. The first kappa shape index (κ1) is 25.1. The summed E-state index contributed by atoms with van der Waals surface area (Å²) in [5.74, 6) is 0.397. The molecule has 1 atom stereocenters. The molecule has 2 heterocycles. The van der Waals surface area contributed by atoms with Crippen molar-refractivity contribution >= 4 is 17.4 Å². The summed E-state index contributed by atoms with van der Waals surface area (Å²) in [6, 6.07) is 15.1. The van der Waals surface area contributed by atoms with Gasteiger partial charge in [-0.05, 0) is 49.1 Å². The van der Waals surface area contributed by atoms with E-state index in [0.717, 1.165) is 12.0 Å². The van der Waals surface area contributed by atoms with E-state index in [1.165, 1.54) is 11.2 Å². The van der Waals surface area contributed by atoms with E-state index >= 15 is 0 Å². The Morgan fingerprint density at radius 2 is 1.83 bits per heavy atom. The minimum Gasteiger partial charge on any atom is -0.507 e. The zero-order chi connectivity index (χ0) is 25.8. The number of ether oxygens (including phenoxy) is 2. The number of carbonyl (C=O) groups excluding carboxylic acids is 2. The molecule has 1 amide bonds. The number of rotatable bonds is 9. The summed E-state index contributed by atoms with van der Waals surface area (Å²) in [5.41, 5.74) is 2.11. The molecule has 2 aromatic carbocycles. The van der Waals surface area contributed by atoms with Crippen LogP contribution in [0, 0.1) is 12.8 Å². The quantitative estimate of drug-likeness (QED) is 0.238. The summed E-state index contributed by atoms with van der Waals surface area (Å²) in [4.78, 5) is 27.8. The minimum atomic E-state index is -0.838. The number of benzene rings is 2. The van der Waals surface area contributed by atoms with Gasteiger partial charge < -0.3 is 23.9 Å². The highest BCUT2D eigenvalue weighted by Crippen LogP contribution is 2.42. The zero-order valence-corrected chi connectivity index (χ0v) is 21.0. The van der Waals surface area contributed by atoms with Crippen LogP contribution in [0.3, 0.4) is 0 Å². The fourth-order valence-corrected chi connectivity index (χ4v) is 4.21. The molecule has 3 aromatic rings. The summed E-state index contributed by atoms with van der Waals surface area (Å²) >= 11 is 0. The van der Waals surface area contributed by atoms with Crippen LogP contribution < -0.4 is 9.47 Å². The van der Waals surface area contributed by atoms with E-state index in [4.69, 9.17) is 13.9 Å². The molecule has 1 fully saturated rings. The summed E-state index contributed by atoms with van der Waals surface area (Å²) in [6.07, 6.45) is 2.41. The summed E-state index contributed by atoms with van der Waals surface area (Å²) < 4.78 is 17.0. The number of methoxy groups -OCH3 is 1. The predicted molar refractivity (Wildman–Crippen MR) is 136 cm³/mol. The number of Topliss-reactive ketones (excluding diaryl/α,β-unsaturated/α-hetero) is 1. The number of ketones is 1. The number of likely N-dealkylation sites (tertiary alicyclic amines) is 1. The molecule has 1 aliphatic rings. The average molecular weight is 490 g/mol. The van der Waals surface area contributed by atoms with Crippen LogP contribution in [-0.2, 0) is 16.1 Å². The van der Waals surface area contributed by atoms with Crippen molar-refractivity contribution in [2.45, 2.75) is 39.8 Å². The predicted octanol–water partition coefficient (Wildman–Crippen LogP) is 5.64. The molecule has 188 valence electrons. The second-order valence-corrected chi connectivity index (χ2v) is 9.31. The SMILES string of the molecule is COc1cc(C2C(=C(O)c3ccc(C)cc3)C(=O)C(=O)N2Cc2ccco2)ccc1OCCC(C)C. The number of hydrogen-bond donors (Lipinski definition) is 1. The van der Waals surface area contributed by atoms with E-state index < -0.39 is 17.7 Å². The lowest BCUT2D eigenvalue weighted by Gasteiger charge is -2.25. The molecule has 7 nitrogen and oxygen atoms in total. The largest absolute Gasteiger partial charge is 0.507 e. The first-order valence-corrected chi connectivity index (χ1v) is 12.0. The summed E-state index contributed by atoms with van der Waals surface area (Å²) in [5, 5.41) is 11.2. The van der Waals surface area contributed by atoms with E-state index in [1.54, 1.807) is 49.6 Å². The van der Waals surface area contributed by atoms with Crippen molar-refractivity contribution in [3.8, 4) is 11.5 Å². The van der Waals surface area contributed by atoms with Gasteiger partial charge in [0.15, 0.2) is 11.5 Å². The van der Waals surface area contributed by atoms with E-state index in [-0.39, 0.29) is 17.9 Å². The van der Waals surface area contributed by atoms with Crippen LogP contribution in [0.25, 0.3) is 5.76 Å². The Balaban J connectivity index is 1.79. The second-order valence-electron chi connectivity index (χ2n) is 9.31. The topological polar surface area (TPSA) is 89.2 Å². The summed E-state index contributed by atoms with van der Waals surface area (Å²) in [6.45, 7) is 6.79. The number of nitrogens with zero attached hydrogens (tertiary/aromatic N) is 1. The van der Waals surface area contributed by atoms with E-state index in [1.807, 2.05) is 19.1 Å². The molecule has 1 unspecified atom stereocenters. The van der Waals surface area contributed by atoms with Crippen molar-refractivity contribution < 1.29 is 28.6 Å². The van der Waals surface area contributed by atoms with Crippen LogP contribution in [0.4, 0.5) is 0 Å². The van der Waals surface area contributed by atoms with Gasteiger partial charge in [0.2, 0.25) is 0 Å². The maximum absolute atomic E-state index is 13.2. The summed E-state index contributed by atoms with van der Waals surface area (Å²) in [7, 11) is 1.54. The molecule has 1 N–H and O–H groups in total. The van der Waals surface area contributed by atoms with E-state index in [2.05, 4.69) is 13.8 Å². The molecule has 1 aliphatic heterocycles. The Morgan fingerprint density at radius 1 is 1.08 bits per heavy atom. The molecule has 0 aliphatic carbocycles. The van der Waals surface area contributed by atoms with Crippen LogP contribution >= 0.6 is 0 Å². The smallest absolute Gasteiger partial charge is 0.296 e. The first-order chi connectivity index (χ1) is 17.3. The third-order valence-electron chi connectivity index (χ3n) is 6.23. The molecule has 0 spiro atoms. The number of aryl methyl sites for hydroxylation is 1. The molecule has 36 heavy (non-hydrogen) atoms. The first-order valence-electron chi connectivity index (χ1n) is 12.0. The lowest BCUT2D eigenvalue weighted by atomic mass is 9.94. The Kier molecular flexibility index (Phi) is 7.48. The molecule has 0 bridgehead atoms. The van der Waals surface area contributed by atoms with Crippen LogP contribution in [0.1, 0.15) is 48.8 Å². The Labute approximate surface area is 210 Å². The number of amides is 1. The van der Waals surface area contributed by atoms with Gasteiger partial charge in [0.25, 0.3) is 11.7 Å². The van der Waals surface area contributed by atoms with Crippen molar-refractivity contribution in [1.82, 2.24) is 4.90 Å². The van der Waals surface area contributed by atoms with Crippen molar-refractivity contribution in [1.29, 1.82) is 0 Å². The number of hydrogen-bond acceptors (Lipinski definition) is 6. The van der Waals surface area contributed by atoms with E-state index in [9.17, 15) is 14.7 Å². The second kappa shape index (κ2) is 10.7. The molecule has 1 aromatic heterocycles. The van der Waals surface area contributed by atoms with Crippen LogP contribution in [0.5, 0.6) is 11.5 Å². The molecule has 1 saturated heterocycles. The third kappa shape index (κ3) is 5.15. The van der Waals surface area contributed by atoms with Crippen LogP contribution in [0.2, 0.25) is 0 Å². The Hall–Kier alpha value is -4.00. The van der Waals surface area contributed by atoms with Gasteiger partial charge in [0, 0.05) is 5.56 Å². The zero-order valence-electron chi connectivity index (χ0n) is 21.0. The highest BCUT2D eigenvalue weighted by atomic mass is 16.5. The number of furan rings is 1. The highest BCUT2D eigenvalue weighted by molar-refractivity contribution is 6.46. The van der Waals surface area contributed by atoms with E-state index in [0.29, 0.717) is 40.9 Å². The van der Waals surface area contributed by atoms with Gasteiger partial charge in [-0.1, -0.05) is 49.7 Å². The van der Waals surface area contributed by atoms with Crippen molar-refractivity contribution in [3.05, 3.63) is 88.9 Å². The van der Waals surface area contributed by atoms with Gasteiger partial charge in [-0.25, -0.2) is 0 Å². The van der Waals surface area contributed by atoms with Gasteiger partial charge >= 0.3 is 0 Å².